The van der Waals surface area contributed by atoms with Crippen LogP contribution in [0, 0.1) is 6.92 Å². The van der Waals surface area contributed by atoms with Crippen LogP contribution in [-0.2, 0) is 14.8 Å². The molecular weight excluding hydrogens is 408 g/mol. The van der Waals surface area contributed by atoms with Crippen molar-refractivity contribution in [3.8, 4) is 5.75 Å². The summed E-state index contributed by atoms with van der Waals surface area (Å²) in [5.41, 5.74) is 1.70. The highest BCUT2D eigenvalue weighted by Gasteiger charge is 2.20. The second-order valence-electron chi connectivity index (χ2n) is 6.62. The number of para-hydroxylation sites is 2. The molecule has 0 atom stereocenters. The molecule has 0 aliphatic carbocycles. The lowest BCUT2D eigenvalue weighted by atomic mass is 10.2. The van der Waals surface area contributed by atoms with Crippen molar-refractivity contribution >= 4 is 33.4 Å². The number of amides is 1. The van der Waals surface area contributed by atoms with Gasteiger partial charge in [0.2, 0.25) is 15.9 Å². The first kappa shape index (κ1) is 23.1. The molecule has 0 spiro atoms. The molecule has 2 rings (SSSR count). The molecule has 1 N–H and O–H groups in total. The fourth-order valence-corrected chi connectivity index (χ4v) is 4.50. The topological polar surface area (TPSA) is 75.7 Å². The van der Waals surface area contributed by atoms with Gasteiger partial charge in [-0.3, -0.25) is 9.10 Å². The summed E-state index contributed by atoms with van der Waals surface area (Å²) >= 11 is 1.69. The van der Waals surface area contributed by atoms with Gasteiger partial charge in [-0.15, -0.1) is 11.8 Å². The smallest absolute Gasteiger partial charge is 0.232 e. The lowest BCUT2D eigenvalue weighted by Gasteiger charge is -2.24. The van der Waals surface area contributed by atoms with Crippen LogP contribution in [0.4, 0.5) is 5.69 Å². The summed E-state index contributed by atoms with van der Waals surface area (Å²) in [7, 11) is -1.98. The van der Waals surface area contributed by atoms with Crippen LogP contribution in [0.5, 0.6) is 5.75 Å². The van der Waals surface area contributed by atoms with Crippen LogP contribution in [0.2, 0.25) is 0 Å². The Labute approximate surface area is 177 Å². The number of nitrogens with zero attached hydrogens (tertiary/aromatic N) is 1. The van der Waals surface area contributed by atoms with E-state index in [2.05, 4.69) is 29.6 Å². The molecule has 6 nitrogen and oxygen atoms in total. The molecule has 0 unspecified atom stereocenters. The van der Waals surface area contributed by atoms with Crippen molar-refractivity contribution in [2.75, 3.05) is 36.5 Å². The second kappa shape index (κ2) is 11.1. The minimum Gasteiger partial charge on any atom is -0.495 e. The number of carbonyl (C=O) groups excluding carboxylic acids is 1. The number of aryl methyl sites for hydroxylation is 1. The van der Waals surface area contributed by atoms with E-state index in [1.165, 1.54) is 21.9 Å². The summed E-state index contributed by atoms with van der Waals surface area (Å²) in [4.78, 5) is 13.2. The van der Waals surface area contributed by atoms with Gasteiger partial charge in [-0.1, -0.05) is 29.8 Å². The molecule has 2 aromatic carbocycles. The van der Waals surface area contributed by atoms with Crippen LogP contribution in [0.15, 0.2) is 53.4 Å². The summed E-state index contributed by atoms with van der Waals surface area (Å²) in [5.74, 6) is 1.18. The first-order valence-corrected chi connectivity index (χ1v) is 12.2. The molecular formula is C21H28N2O4S2. The van der Waals surface area contributed by atoms with Gasteiger partial charge >= 0.3 is 0 Å². The van der Waals surface area contributed by atoms with E-state index >= 15 is 0 Å². The fraction of sp³-hybridized carbons (Fsp3) is 0.381. The third kappa shape index (κ3) is 7.62. The van der Waals surface area contributed by atoms with E-state index in [0.717, 1.165) is 12.0 Å². The number of hydrogen-bond acceptors (Lipinski definition) is 5. The van der Waals surface area contributed by atoms with Gasteiger partial charge in [0.1, 0.15) is 5.75 Å². The number of anilines is 1. The number of rotatable bonds is 11. The Morgan fingerprint density at radius 3 is 2.48 bits per heavy atom. The molecule has 1 amide bonds. The van der Waals surface area contributed by atoms with Crippen molar-refractivity contribution in [3.63, 3.8) is 0 Å². The summed E-state index contributed by atoms with van der Waals surface area (Å²) in [6.45, 7) is 2.83. The van der Waals surface area contributed by atoms with Crippen LogP contribution in [0.1, 0.15) is 18.4 Å². The van der Waals surface area contributed by atoms with Crippen molar-refractivity contribution in [1.29, 1.82) is 0 Å². The lowest BCUT2D eigenvalue weighted by molar-refractivity contribution is -0.121. The van der Waals surface area contributed by atoms with Crippen molar-refractivity contribution in [3.05, 3.63) is 54.1 Å². The summed E-state index contributed by atoms with van der Waals surface area (Å²) in [6, 6.07) is 15.2. The highest BCUT2D eigenvalue weighted by atomic mass is 32.2. The molecule has 0 bridgehead atoms. The summed E-state index contributed by atoms with van der Waals surface area (Å²) < 4.78 is 31.0. The zero-order valence-corrected chi connectivity index (χ0v) is 18.7. The van der Waals surface area contributed by atoms with Crippen LogP contribution >= 0.6 is 11.8 Å². The van der Waals surface area contributed by atoms with E-state index < -0.39 is 10.0 Å². The van der Waals surface area contributed by atoms with E-state index in [-0.39, 0.29) is 18.9 Å². The SMILES string of the molecule is COc1ccccc1N(CCCC(=O)NCCSc1ccc(C)cc1)S(C)(=O)=O. The molecule has 8 heteroatoms. The standard InChI is InChI=1S/C21H28N2O4S2/c1-17-10-12-18(13-11-17)28-16-14-22-21(24)9-6-15-23(29(3,25)26)19-7-4-5-8-20(19)27-2/h4-5,7-8,10-13H,6,9,14-16H2,1-3H3,(H,22,24). The number of thioether (sulfide) groups is 1. The highest BCUT2D eigenvalue weighted by molar-refractivity contribution is 7.99. The Kier molecular flexibility index (Phi) is 8.85. The Balaban J connectivity index is 1.78. The van der Waals surface area contributed by atoms with E-state index in [1.807, 2.05) is 6.92 Å². The molecule has 0 aliphatic heterocycles. The van der Waals surface area contributed by atoms with Gasteiger partial charge in [0.05, 0.1) is 19.1 Å². The van der Waals surface area contributed by atoms with Crippen LogP contribution in [0.25, 0.3) is 0 Å². The maximum absolute atomic E-state index is 12.2. The number of ether oxygens (including phenoxy) is 1. The Morgan fingerprint density at radius 1 is 1.14 bits per heavy atom. The van der Waals surface area contributed by atoms with Gasteiger partial charge in [0, 0.05) is 30.2 Å². The molecule has 0 fully saturated rings. The van der Waals surface area contributed by atoms with Crippen molar-refractivity contribution in [2.24, 2.45) is 0 Å². The van der Waals surface area contributed by atoms with E-state index in [1.54, 1.807) is 36.0 Å². The molecule has 0 aromatic heterocycles. The van der Waals surface area contributed by atoms with Gasteiger partial charge < -0.3 is 10.1 Å². The maximum atomic E-state index is 12.2. The zero-order valence-electron chi connectivity index (χ0n) is 17.1. The Hall–Kier alpha value is -2.19. The maximum Gasteiger partial charge on any atom is 0.232 e. The van der Waals surface area contributed by atoms with Gasteiger partial charge in [-0.2, -0.15) is 0 Å². The fourth-order valence-electron chi connectivity index (χ4n) is 2.77. The van der Waals surface area contributed by atoms with E-state index in [0.29, 0.717) is 24.4 Å². The number of nitrogens with one attached hydrogen (secondary N) is 1. The van der Waals surface area contributed by atoms with Gasteiger partial charge in [-0.05, 0) is 37.6 Å². The van der Waals surface area contributed by atoms with E-state index in [9.17, 15) is 13.2 Å². The lowest BCUT2D eigenvalue weighted by Crippen LogP contribution is -2.32. The predicted octanol–water partition coefficient (Wildman–Crippen LogP) is 3.46. The average Bonchev–Trinajstić information content (AvgIpc) is 2.69. The number of benzene rings is 2. The largest absolute Gasteiger partial charge is 0.495 e. The zero-order chi connectivity index (χ0) is 21.3. The van der Waals surface area contributed by atoms with Crippen molar-refractivity contribution in [2.45, 2.75) is 24.7 Å². The highest BCUT2D eigenvalue weighted by Crippen LogP contribution is 2.29. The van der Waals surface area contributed by atoms with Crippen LogP contribution in [0.3, 0.4) is 0 Å². The predicted molar refractivity (Wildman–Crippen MR) is 119 cm³/mol. The number of carbonyl (C=O) groups is 1. The summed E-state index contributed by atoms with van der Waals surface area (Å²) in [5, 5.41) is 2.89. The minimum absolute atomic E-state index is 0.0806. The first-order valence-electron chi connectivity index (χ1n) is 9.38. The minimum atomic E-state index is -3.48. The average molecular weight is 437 g/mol. The number of methoxy groups -OCH3 is 1. The molecule has 0 heterocycles. The van der Waals surface area contributed by atoms with Gasteiger partial charge in [0.25, 0.3) is 0 Å². The Bertz CT molecular complexity index is 899. The molecule has 0 saturated heterocycles. The molecule has 158 valence electrons. The normalized spacial score (nSPS) is 11.1. The van der Waals surface area contributed by atoms with Crippen LogP contribution < -0.4 is 14.4 Å². The third-order valence-corrected chi connectivity index (χ3v) is 6.43. The molecule has 2 aromatic rings. The quantitative estimate of drug-likeness (QED) is 0.431. The molecule has 0 saturated carbocycles. The molecule has 0 radical (unpaired) electrons. The number of hydrogen-bond donors (Lipinski definition) is 1. The monoisotopic (exact) mass is 436 g/mol. The number of sulfonamides is 1. The first-order chi connectivity index (χ1) is 13.8. The van der Waals surface area contributed by atoms with Crippen molar-refractivity contribution in [1.82, 2.24) is 5.32 Å². The van der Waals surface area contributed by atoms with Gasteiger partial charge in [-0.25, -0.2) is 8.42 Å². The second-order valence-corrected chi connectivity index (χ2v) is 9.70. The molecule has 29 heavy (non-hydrogen) atoms. The van der Waals surface area contributed by atoms with Gasteiger partial charge in [0.15, 0.2) is 0 Å². The third-order valence-electron chi connectivity index (χ3n) is 4.23. The van der Waals surface area contributed by atoms with E-state index in [4.69, 9.17) is 4.74 Å². The van der Waals surface area contributed by atoms with Crippen molar-refractivity contribution < 1.29 is 17.9 Å². The Morgan fingerprint density at radius 2 is 1.83 bits per heavy atom. The molecule has 0 aliphatic rings. The summed E-state index contributed by atoms with van der Waals surface area (Å²) in [6.07, 6.45) is 1.83. The van der Waals surface area contributed by atoms with Crippen LogP contribution in [-0.4, -0.2) is 46.5 Å².